The van der Waals surface area contributed by atoms with Crippen LogP contribution >= 0.6 is 0 Å². The standard InChI is InChI=1S/C19H38O2/c1-5-7-8-9-10-11-12-13-14-15-16-18(17(3)4)19(20)21-6-2/h17-18H,5-16H2,1-4H3. The fourth-order valence-electron chi connectivity index (χ4n) is 2.82. The lowest BCUT2D eigenvalue weighted by atomic mass is 9.90. The van der Waals surface area contributed by atoms with Gasteiger partial charge in [-0.15, -0.1) is 0 Å². The molecule has 0 radical (unpaired) electrons. The van der Waals surface area contributed by atoms with Crippen LogP contribution in [0.1, 0.15) is 98.3 Å². The lowest BCUT2D eigenvalue weighted by Gasteiger charge is -2.18. The molecule has 0 saturated carbocycles. The third-order valence-electron chi connectivity index (χ3n) is 4.26. The summed E-state index contributed by atoms with van der Waals surface area (Å²) in [5.41, 5.74) is 0. The van der Waals surface area contributed by atoms with Gasteiger partial charge in [-0.05, 0) is 19.3 Å². The predicted octanol–water partition coefficient (Wildman–Crippen LogP) is 6.13. The van der Waals surface area contributed by atoms with Crippen molar-refractivity contribution >= 4 is 5.97 Å². The number of carbonyl (C=O) groups excluding carboxylic acids is 1. The minimum atomic E-state index is 0.00317. The van der Waals surface area contributed by atoms with Crippen LogP contribution in [0.25, 0.3) is 0 Å². The van der Waals surface area contributed by atoms with Gasteiger partial charge < -0.3 is 4.74 Å². The van der Waals surface area contributed by atoms with Crippen LogP contribution in [0.15, 0.2) is 0 Å². The Morgan fingerprint density at radius 2 is 1.29 bits per heavy atom. The van der Waals surface area contributed by atoms with Gasteiger partial charge in [-0.25, -0.2) is 0 Å². The van der Waals surface area contributed by atoms with E-state index in [0.717, 1.165) is 12.8 Å². The Bertz CT molecular complexity index is 236. The summed E-state index contributed by atoms with van der Waals surface area (Å²) in [7, 11) is 0. The monoisotopic (exact) mass is 298 g/mol. The molecule has 0 amide bonds. The Kier molecular flexibility index (Phi) is 14.0. The normalized spacial score (nSPS) is 12.6. The zero-order chi connectivity index (χ0) is 15.9. The minimum Gasteiger partial charge on any atom is -0.466 e. The number of hydrogen-bond donors (Lipinski definition) is 0. The Balaban J connectivity index is 3.52. The van der Waals surface area contributed by atoms with Crippen molar-refractivity contribution in [2.24, 2.45) is 11.8 Å². The molecule has 0 heterocycles. The zero-order valence-electron chi connectivity index (χ0n) is 15.0. The van der Waals surface area contributed by atoms with Crippen molar-refractivity contribution in [2.45, 2.75) is 98.3 Å². The van der Waals surface area contributed by atoms with Crippen LogP contribution in [-0.2, 0) is 9.53 Å². The highest BCUT2D eigenvalue weighted by Crippen LogP contribution is 2.21. The summed E-state index contributed by atoms with van der Waals surface area (Å²) in [4.78, 5) is 11.9. The first kappa shape index (κ1) is 20.5. The van der Waals surface area contributed by atoms with Crippen LogP contribution < -0.4 is 0 Å². The third kappa shape index (κ3) is 11.8. The molecular weight excluding hydrogens is 260 g/mol. The van der Waals surface area contributed by atoms with Crippen molar-refractivity contribution in [1.82, 2.24) is 0 Å². The lowest BCUT2D eigenvalue weighted by Crippen LogP contribution is -2.22. The molecule has 1 unspecified atom stereocenters. The zero-order valence-corrected chi connectivity index (χ0v) is 15.0. The van der Waals surface area contributed by atoms with Crippen molar-refractivity contribution in [3.05, 3.63) is 0 Å². The van der Waals surface area contributed by atoms with Crippen molar-refractivity contribution in [3.63, 3.8) is 0 Å². The molecule has 0 fully saturated rings. The average Bonchev–Trinajstić information content (AvgIpc) is 2.44. The molecule has 0 aliphatic carbocycles. The summed E-state index contributed by atoms with van der Waals surface area (Å²) < 4.78 is 5.17. The Hall–Kier alpha value is -0.530. The molecule has 1 atom stereocenters. The molecule has 0 N–H and O–H groups in total. The molecule has 126 valence electrons. The van der Waals surface area contributed by atoms with E-state index in [2.05, 4.69) is 20.8 Å². The fraction of sp³-hybridized carbons (Fsp3) is 0.947. The van der Waals surface area contributed by atoms with Crippen molar-refractivity contribution < 1.29 is 9.53 Å². The molecule has 21 heavy (non-hydrogen) atoms. The highest BCUT2D eigenvalue weighted by atomic mass is 16.5. The van der Waals surface area contributed by atoms with Crippen LogP contribution in [0.4, 0.5) is 0 Å². The fourth-order valence-corrected chi connectivity index (χ4v) is 2.82. The van der Waals surface area contributed by atoms with Gasteiger partial charge in [0, 0.05) is 0 Å². The van der Waals surface area contributed by atoms with E-state index in [1.165, 1.54) is 57.8 Å². The first-order chi connectivity index (χ1) is 10.1. The van der Waals surface area contributed by atoms with Crippen LogP contribution in [-0.4, -0.2) is 12.6 Å². The molecule has 0 rings (SSSR count). The van der Waals surface area contributed by atoms with Crippen LogP contribution in [0.5, 0.6) is 0 Å². The van der Waals surface area contributed by atoms with E-state index in [1.54, 1.807) is 0 Å². The van der Waals surface area contributed by atoms with Crippen molar-refractivity contribution in [2.75, 3.05) is 6.61 Å². The maximum atomic E-state index is 11.9. The first-order valence-corrected chi connectivity index (χ1v) is 9.30. The van der Waals surface area contributed by atoms with E-state index in [4.69, 9.17) is 4.74 Å². The second kappa shape index (κ2) is 14.4. The van der Waals surface area contributed by atoms with Crippen LogP contribution in [0.2, 0.25) is 0 Å². The molecule has 0 spiro atoms. The average molecular weight is 299 g/mol. The molecule has 0 aromatic rings. The molecule has 0 aliphatic rings. The van der Waals surface area contributed by atoms with Crippen molar-refractivity contribution in [1.29, 1.82) is 0 Å². The number of carbonyl (C=O) groups is 1. The number of esters is 1. The van der Waals surface area contributed by atoms with Gasteiger partial charge in [0.2, 0.25) is 0 Å². The van der Waals surface area contributed by atoms with Crippen molar-refractivity contribution in [3.8, 4) is 0 Å². The van der Waals surface area contributed by atoms with Gasteiger partial charge in [0.15, 0.2) is 0 Å². The number of unbranched alkanes of at least 4 members (excludes halogenated alkanes) is 9. The van der Waals surface area contributed by atoms with Crippen LogP contribution in [0.3, 0.4) is 0 Å². The summed E-state index contributed by atoms with van der Waals surface area (Å²) in [6.07, 6.45) is 14.4. The Labute approximate surface area is 133 Å². The second-order valence-corrected chi connectivity index (χ2v) is 6.57. The summed E-state index contributed by atoms with van der Waals surface area (Å²) >= 11 is 0. The molecule has 0 bridgehead atoms. The van der Waals surface area contributed by atoms with E-state index in [1.807, 2.05) is 6.92 Å². The molecular formula is C19H38O2. The van der Waals surface area contributed by atoms with Gasteiger partial charge in [0.1, 0.15) is 0 Å². The van der Waals surface area contributed by atoms with Crippen LogP contribution in [0, 0.1) is 11.8 Å². The Morgan fingerprint density at radius 3 is 1.71 bits per heavy atom. The molecule has 0 aliphatic heterocycles. The van der Waals surface area contributed by atoms with Gasteiger partial charge in [-0.1, -0.05) is 85.0 Å². The quantitative estimate of drug-likeness (QED) is 0.285. The number of ether oxygens (including phenoxy) is 1. The SMILES string of the molecule is CCCCCCCCCCCCC(C(=O)OCC)C(C)C. The maximum Gasteiger partial charge on any atom is 0.309 e. The molecule has 0 aromatic carbocycles. The summed E-state index contributed by atoms with van der Waals surface area (Å²) in [5.74, 6) is 0.491. The maximum absolute atomic E-state index is 11.9. The molecule has 2 heteroatoms. The Morgan fingerprint density at radius 1 is 0.810 bits per heavy atom. The van der Waals surface area contributed by atoms with Gasteiger partial charge >= 0.3 is 5.97 Å². The highest BCUT2D eigenvalue weighted by molar-refractivity contribution is 5.72. The molecule has 2 nitrogen and oxygen atoms in total. The smallest absolute Gasteiger partial charge is 0.309 e. The predicted molar refractivity (Wildman–Crippen MR) is 91.4 cm³/mol. The second-order valence-electron chi connectivity index (χ2n) is 6.57. The largest absolute Gasteiger partial charge is 0.466 e. The first-order valence-electron chi connectivity index (χ1n) is 9.30. The lowest BCUT2D eigenvalue weighted by molar-refractivity contribution is -0.149. The van der Waals surface area contributed by atoms with Gasteiger partial charge in [0.25, 0.3) is 0 Å². The van der Waals surface area contributed by atoms with E-state index in [-0.39, 0.29) is 11.9 Å². The van der Waals surface area contributed by atoms with Gasteiger partial charge in [-0.2, -0.15) is 0 Å². The van der Waals surface area contributed by atoms with E-state index in [0.29, 0.717) is 12.5 Å². The summed E-state index contributed by atoms with van der Waals surface area (Å²) in [6, 6.07) is 0. The summed E-state index contributed by atoms with van der Waals surface area (Å²) in [5, 5.41) is 0. The highest BCUT2D eigenvalue weighted by Gasteiger charge is 2.22. The van der Waals surface area contributed by atoms with E-state index < -0.39 is 0 Å². The molecule has 0 saturated heterocycles. The van der Waals surface area contributed by atoms with Gasteiger partial charge in [-0.3, -0.25) is 4.79 Å². The molecule has 0 aromatic heterocycles. The van der Waals surface area contributed by atoms with E-state index >= 15 is 0 Å². The third-order valence-corrected chi connectivity index (χ3v) is 4.26. The van der Waals surface area contributed by atoms with Gasteiger partial charge in [0.05, 0.1) is 12.5 Å². The topological polar surface area (TPSA) is 26.3 Å². The minimum absolute atomic E-state index is 0.00317. The summed E-state index contributed by atoms with van der Waals surface area (Å²) in [6.45, 7) is 8.90. The number of hydrogen-bond acceptors (Lipinski definition) is 2. The van der Waals surface area contributed by atoms with E-state index in [9.17, 15) is 4.79 Å². The number of rotatable bonds is 14.